The minimum Gasteiger partial charge on any atom is -0.311 e. The minimum absolute atomic E-state index is 0.174. The number of amides is 1. The minimum atomic E-state index is -3.56. The van der Waals surface area contributed by atoms with Gasteiger partial charge in [-0.05, 0) is 37.5 Å². The molecule has 1 atom stereocenters. The van der Waals surface area contributed by atoms with E-state index in [0.29, 0.717) is 36.0 Å². The van der Waals surface area contributed by atoms with Crippen molar-refractivity contribution in [2.75, 3.05) is 18.4 Å². The lowest BCUT2D eigenvalue weighted by Gasteiger charge is -2.30. The zero-order valence-electron chi connectivity index (χ0n) is 16.7. The molecule has 2 aromatic heterocycles. The molecule has 1 saturated heterocycles. The molecule has 4 rings (SSSR count). The lowest BCUT2D eigenvalue weighted by atomic mass is 9.99. The van der Waals surface area contributed by atoms with E-state index < -0.39 is 15.9 Å². The van der Waals surface area contributed by atoms with E-state index in [4.69, 9.17) is 0 Å². The molecule has 158 valence electrons. The second-order valence-electron chi connectivity index (χ2n) is 7.42. The van der Waals surface area contributed by atoms with E-state index in [9.17, 15) is 13.2 Å². The Morgan fingerprint density at radius 3 is 2.73 bits per heavy atom. The summed E-state index contributed by atoms with van der Waals surface area (Å²) in [5, 5.41) is 7.24. The van der Waals surface area contributed by atoms with Crippen LogP contribution in [0.3, 0.4) is 0 Å². The number of sulfonamides is 1. The van der Waals surface area contributed by atoms with Crippen LogP contribution < -0.4 is 5.32 Å². The van der Waals surface area contributed by atoms with E-state index in [2.05, 4.69) is 10.4 Å². The summed E-state index contributed by atoms with van der Waals surface area (Å²) >= 11 is 1.26. The molecular formula is C21H24N4O3S2. The number of nitrogens with zero attached hydrogens (tertiary/aromatic N) is 3. The standard InChI is InChI=1S/C21H24N4O3S2/c1-16-9-10-20(29-16)30(27,28)24-13-5-8-18(15-24)21(26)23-19-11-12-22-25(19)14-17-6-3-2-4-7-17/h2-4,6-7,9-12,18H,5,8,13-15H2,1H3,(H,23,26). The topological polar surface area (TPSA) is 84.3 Å². The van der Waals surface area contributed by atoms with Crippen LogP contribution in [0.25, 0.3) is 0 Å². The molecule has 1 fully saturated rings. The first-order valence-corrected chi connectivity index (χ1v) is 12.1. The molecule has 1 aliphatic rings. The predicted molar refractivity (Wildman–Crippen MR) is 117 cm³/mol. The van der Waals surface area contributed by atoms with E-state index in [1.165, 1.54) is 15.6 Å². The Balaban J connectivity index is 1.44. The maximum absolute atomic E-state index is 12.9. The van der Waals surface area contributed by atoms with Crippen LogP contribution in [-0.4, -0.2) is 41.5 Å². The number of rotatable bonds is 6. The second-order valence-corrected chi connectivity index (χ2v) is 10.9. The summed E-state index contributed by atoms with van der Waals surface area (Å²) in [4.78, 5) is 13.9. The van der Waals surface area contributed by atoms with Crippen molar-refractivity contribution in [3.8, 4) is 0 Å². The molecule has 1 aromatic carbocycles. The fraction of sp³-hybridized carbons (Fsp3) is 0.333. The molecule has 0 saturated carbocycles. The van der Waals surface area contributed by atoms with Gasteiger partial charge >= 0.3 is 0 Å². The first kappa shape index (κ1) is 20.8. The Morgan fingerprint density at radius 2 is 2.00 bits per heavy atom. The largest absolute Gasteiger partial charge is 0.311 e. The first-order valence-electron chi connectivity index (χ1n) is 9.86. The van der Waals surface area contributed by atoms with Crippen molar-refractivity contribution in [1.29, 1.82) is 0 Å². The molecule has 0 bridgehead atoms. The van der Waals surface area contributed by atoms with Crippen molar-refractivity contribution in [3.63, 3.8) is 0 Å². The third kappa shape index (κ3) is 4.48. The van der Waals surface area contributed by atoms with Crippen LogP contribution in [0.5, 0.6) is 0 Å². The Kier molecular flexibility index (Phi) is 6.03. The van der Waals surface area contributed by atoms with Crippen molar-refractivity contribution in [3.05, 3.63) is 65.2 Å². The quantitative estimate of drug-likeness (QED) is 0.632. The average molecular weight is 445 g/mol. The number of hydrogen-bond acceptors (Lipinski definition) is 5. The van der Waals surface area contributed by atoms with Crippen LogP contribution in [0.1, 0.15) is 23.3 Å². The Bertz CT molecular complexity index is 1120. The molecule has 0 spiro atoms. The number of anilines is 1. The lowest BCUT2D eigenvalue weighted by Crippen LogP contribution is -2.43. The number of carbonyl (C=O) groups is 1. The molecule has 9 heteroatoms. The smallest absolute Gasteiger partial charge is 0.252 e. The number of benzene rings is 1. The van der Waals surface area contributed by atoms with Gasteiger partial charge in [0.2, 0.25) is 5.91 Å². The summed E-state index contributed by atoms with van der Waals surface area (Å²) in [6.07, 6.45) is 2.97. The average Bonchev–Trinajstić information content (AvgIpc) is 3.38. The fourth-order valence-electron chi connectivity index (χ4n) is 3.60. The molecule has 0 radical (unpaired) electrons. The summed E-state index contributed by atoms with van der Waals surface area (Å²) in [6.45, 7) is 3.06. The monoisotopic (exact) mass is 444 g/mol. The number of nitrogens with one attached hydrogen (secondary N) is 1. The summed E-state index contributed by atoms with van der Waals surface area (Å²) in [6, 6.07) is 15.1. The van der Waals surface area contributed by atoms with Crippen molar-refractivity contribution in [2.24, 2.45) is 5.92 Å². The molecule has 0 aliphatic carbocycles. The van der Waals surface area contributed by atoms with Crippen LogP contribution in [0.15, 0.2) is 58.9 Å². The number of thiophene rings is 1. The summed E-state index contributed by atoms with van der Waals surface area (Å²) < 4.78 is 29.4. The van der Waals surface area contributed by atoms with Gasteiger partial charge in [-0.25, -0.2) is 13.1 Å². The highest BCUT2D eigenvalue weighted by Gasteiger charge is 2.34. The molecule has 3 aromatic rings. The normalized spacial score (nSPS) is 17.7. The first-order chi connectivity index (χ1) is 14.4. The number of carbonyl (C=O) groups excluding carboxylic acids is 1. The van der Waals surface area contributed by atoms with E-state index in [1.54, 1.807) is 29.1 Å². The van der Waals surface area contributed by atoms with Crippen LogP contribution in [0.4, 0.5) is 5.82 Å². The third-order valence-electron chi connectivity index (χ3n) is 5.21. The molecule has 1 aliphatic heterocycles. The van der Waals surface area contributed by atoms with E-state index in [0.717, 1.165) is 10.4 Å². The van der Waals surface area contributed by atoms with Crippen LogP contribution in [0, 0.1) is 12.8 Å². The highest BCUT2D eigenvalue weighted by atomic mass is 32.2. The summed E-state index contributed by atoms with van der Waals surface area (Å²) in [5.74, 6) is 0.0412. The molecule has 1 N–H and O–H groups in total. The van der Waals surface area contributed by atoms with Crippen molar-refractivity contribution in [1.82, 2.24) is 14.1 Å². The number of aromatic nitrogens is 2. The number of piperidine rings is 1. The van der Waals surface area contributed by atoms with Crippen molar-refractivity contribution >= 4 is 33.1 Å². The molecular weight excluding hydrogens is 420 g/mol. The third-order valence-corrected chi connectivity index (χ3v) is 8.54. The van der Waals surface area contributed by atoms with Gasteiger partial charge in [0, 0.05) is 24.0 Å². The van der Waals surface area contributed by atoms with Gasteiger partial charge in [0.15, 0.2) is 0 Å². The molecule has 1 amide bonds. The fourth-order valence-corrected chi connectivity index (χ4v) is 6.56. The van der Waals surface area contributed by atoms with Gasteiger partial charge in [0.1, 0.15) is 10.0 Å². The molecule has 30 heavy (non-hydrogen) atoms. The zero-order chi connectivity index (χ0) is 21.1. The van der Waals surface area contributed by atoms with Crippen LogP contribution >= 0.6 is 11.3 Å². The Hall–Kier alpha value is -2.49. The van der Waals surface area contributed by atoms with E-state index >= 15 is 0 Å². The van der Waals surface area contributed by atoms with Gasteiger partial charge < -0.3 is 5.32 Å². The highest BCUT2D eigenvalue weighted by molar-refractivity contribution is 7.91. The van der Waals surface area contributed by atoms with Crippen LogP contribution in [0.2, 0.25) is 0 Å². The maximum atomic E-state index is 12.9. The van der Waals surface area contributed by atoms with E-state index in [-0.39, 0.29) is 12.5 Å². The van der Waals surface area contributed by atoms with Gasteiger partial charge in [0.25, 0.3) is 10.0 Å². The lowest BCUT2D eigenvalue weighted by molar-refractivity contribution is -0.120. The van der Waals surface area contributed by atoms with E-state index in [1.807, 2.05) is 37.3 Å². The Labute approximate surface area is 180 Å². The van der Waals surface area contributed by atoms with Gasteiger partial charge in [-0.3, -0.25) is 4.79 Å². The van der Waals surface area contributed by atoms with Gasteiger partial charge in [-0.2, -0.15) is 9.40 Å². The van der Waals surface area contributed by atoms with Crippen molar-refractivity contribution in [2.45, 2.75) is 30.5 Å². The zero-order valence-corrected chi connectivity index (χ0v) is 18.3. The number of hydrogen-bond donors (Lipinski definition) is 1. The molecule has 3 heterocycles. The SMILES string of the molecule is Cc1ccc(S(=O)(=O)N2CCCC(C(=O)Nc3ccnn3Cc3ccccc3)C2)s1. The molecule has 1 unspecified atom stereocenters. The van der Waals surface area contributed by atoms with Crippen LogP contribution in [-0.2, 0) is 21.4 Å². The summed E-state index contributed by atoms with van der Waals surface area (Å²) in [5.41, 5.74) is 1.08. The van der Waals surface area contributed by atoms with Gasteiger partial charge in [-0.15, -0.1) is 11.3 Å². The number of aryl methyl sites for hydroxylation is 1. The summed E-state index contributed by atoms with van der Waals surface area (Å²) in [7, 11) is -3.56. The highest BCUT2D eigenvalue weighted by Crippen LogP contribution is 2.28. The predicted octanol–water partition coefficient (Wildman–Crippen LogP) is 3.34. The second kappa shape index (κ2) is 8.71. The molecule has 7 nitrogen and oxygen atoms in total. The Morgan fingerprint density at radius 1 is 1.20 bits per heavy atom. The van der Waals surface area contributed by atoms with Crippen molar-refractivity contribution < 1.29 is 13.2 Å². The van der Waals surface area contributed by atoms with Gasteiger partial charge in [0.05, 0.1) is 18.7 Å². The maximum Gasteiger partial charge on any atom is 0.252 e. The van der Waals surface area contributed by atoms with Gasteiger partial charge in [-0.1, -0.05) is 30.3 Å².